The van der Waals surface area contributed by atoms with Gasteiger partial charge in [0.15, 0.2) is 0 Å². The molecule has 5 unspecified atom stereocenters. The van der Waals surface area contributed by atoms with Gasteiger partial charge in [-0.2, -0.15) is 0 Å². The molecule has 0 heterocycles. The Morgan fingerprint density at radius 3 is 1.80 bits per heavy atom. The Balaban J connectivity index is 2.34. The van der Waals surface area contributed by atoms with E-state index in [2.05, 4.69) is 16.0 Å². The number of hydrogen-bond acceptors (Lipinski definition) is 7. The number of carboxylic acid groups (broad SMARTS) is 1. The zero-order chi connectivity index (χ0) is 29.8. The van der Waals surface area contributed by atoms with Crippen LogP contribution in [0.1, 0.15) is 37.8 Å². The van der Waals surface area contributed by atoms with Gasteiger partial charge < -0.3 is 37.6 Å². The number of rotatable bonds is 15. The number of hydrogen-bond donors (Lipinski definition) is 7. The molecular weight excluding hydrogens is 518 g/mol. The van der Waals surface area contributed by atoms with Crippen LogP contribution in [0.25, 0.3) is 0 Å². The molecule has 0 bridgehead atoms. The first-order chi connectivity index (χ1) is 18.9. The highest BCUT2D eigenvalue weighted by Crippen LogP contribution is 2.13. The third-order valence-electron chi connectivity index (χ3n) is 6.46. The van der Waals surface area contributed by atoms with E-state index in [9.17, 15) is 34.2 Å². The third kappa shape index (κ3) is 10.0. The van der Waals surface area contributed by atoms with Crippen molar-refractivity contribution in [3.8, 4) is 5.75 Å². The van der Waals surface area contributed by atoms with Crippen molar-refractivity contribution in [3.05, 3.63) is 65.7 Å². The van der Waals surface area contributed by atoms with Crippen LogP contribution in [0.5, 0.6) is 5.75 Å². The van der Waals surface area contributed by atoms with Gasteiger partial charge in [-0.25, -0.2) is 4.79 Å². The molecule has 12 nitrogen and oxygen atoms in total. The Morgan fingerprint density at radius 2 is 1.30 bits per heavy atom. The Hall–Kier alpha value is -4.45. The molecule has 0 fully saturated rings. The molecule has 216 valence electrons. The van der Waals surface area contributed by atoms with E-state index in [1.807, 2.05) is 0 Å². The molecule has 5 atom stereocenters. The summed E-state index contributed by atoms with van der Waals surface area (Å²) in [4.78, 5) is 62.5. The molecular formula is C28H37N5O7. The number of amides is 4. The molecule has 0 spiro atoms. The Morgan fingerprint density at radius 1 is 0.800 bits per heavy atom. The quantitative estimate of drug-likeness (QED) is 0.158. The first-order valence-corrected chi connectivity index (χ1v) is 12.9. The summed E-state index contributed by atoms with van der Waals surface area (Å²) in [6, 6.07) is 9.89. The molecule has 0 radical (unpaired) electrons. The summed E-state index contributed by atoms with van der Waals surface area (Å²) in [5.41, 5.74) is 12.2. The molecule has 12 heteroatoms. The number of nitrogens with two attached hydrogens (primary N) is 2. The number of aliphatic carboxylic acids is 1. The lowest BCUT2D eigenvalue weighted by molar-refractivity contribution is -0.143. The fourth-order valence-corrected chi connectivity index (χ4v) is 3.93. The van der Waals surface area contributed by atoms with Crippen LogP contribution in [0.3, 0.4) is 0 Å². The first kappa shape index (κ1) is 31.8. The molecule has 0 aromatic heterocycles. The molecule has 9 N–H and O–H groups in total. The number of carbonyl (C=O) groups is 5. The molecule has 0 aliphatic rings. The first-order valence-electron chi connectivity index (χ1n) is 12.9. The molecule has 40 heavy (non-hydrogen) atoms. The van der Waals surface area contributed by atoms with Crippen molar-refractivity contribution in [2.45, 2.75) is 63.7 Å². The standard InChI is InChI=1S/C28H37N5O7/c1-3-16(2)24(28(39)40)33-27(38)22(13-17-7-5-4-6-8-17)32-26(37)21(14-18-9-11-19(34)12-10-18)31-25(36)20(29)15-23(30)35/h4-12,16,20-22,24,34H,3,13-15,29H2,1-2H3,(H2,30,35)(H,31,36)(H,32,37)(H,33,38)(H,39,40). The highest BCUT2D eigenvalue weighted by Gasteiger charge is 2.32. The lowest BCUT2D eigenvalue weighted by Crippen LogP contribution is -2.58. The van der Waals surface area contributed by atoms with E-state index in [0.717, 1.165) is 0 Å². The normalized spacial score (nSPS) is 14.6. The van der Waals surface area contributed by atoms with Crippen LogP contribution < -0.4 is 27.4 Å². The van der Waals surface area contributed by atoms with Crippen molar-refractivity contribution < 1.29 is 34.2 Å². The van der Waals surface area contributed by atoms with Crippen molar-refractivity contribution in [3.63, 3.8) is 0 Å². The van der Waals surface area contributed by atoms with E-state index in [1.54, 1.807) is 56.3 Å². The van der Waals surface area contributed by atoms with Gasteiger partial charge in [0, 0.05) is 12.8 Å². The molecule has 0 saturated carbocycles. The van der Waals surface area contributed by atoms with E-state index in [1.165, 1.54) is 12.1 Å². The Labute approximate surface area is 232 Å². The summed E-state index contributed by atoms with van der Waals surface area (Å²) >= 11 is 0. The second-order valence-electron chi connectivity index (χ2n) is 9.67. The average Bonchev–Trinajstić information content (AvgIpc) is 2.91. The van der Waals surface area contributed by atoms with Gasteiger partial charge in [0.2, 0.25) is 23.6 Å². The van der Waals surface area contributed by atoms with Crippen LogP contribution in [0.2, 0.25) is 0 Å². The number of phenolic OH excluding ortho intramolecular Hbond substituents is 1. The lowest BCUT2D eigenvalue weighted by atomic mass is 9.97. The molecule has 0 aliphatic carbocycles. The maximum absolute atomic E-state index is 13.5. The van der Waals surface area contributed by atoms with Gasteiger partial charge in [0.05, 0.1) is 12.5 Å². The van der Waals surface area contributed by atoms with Crippen molar-refractivity contribution >= 4 is 29.6 Å². The fourth-order valence-electron chi connectivity index (χ4n) is 3.93. The van der Waals surface area contributed by atoms with Gasteiger partial charge in [0.25, 0.3) is 0 Å². The number of carbonyl (C=O) groups excluding carboxylic acids is 4. The summed E-state index contributed by atoms with van der Waals surface area (Å²) < 4.78 is 0. The van der Waals surface area contributed by atoms with Crippen molar-refractivity contribution in [1.82, 2.24) is 16.0 Å². The predicted octanol–water partition coefficient (Wildman–Crippen LogP) is -0.0348. The second kappa shape index (κ2) is 15.2. The second-order valence-corrected chi connectivity index (χ2v) is 9.67. The van der Waals surface area contributed by atoms with Crippen molar-refractivity contribution in [1.29, 1.82) is 0 Å². The minimum atomic E-state index is -1.30. The number of phenols is 1. The maximum atomic E-state index is 13.5. The zero-order valence-electron chi connectivity index (χ0n) is 22.5. The summed E-state index contributed by atoms with van der Waals surface area (Å²) in [6.07, 6.45) is 0.0711. The van der Waals surface area contributed by atoms with Gasteiger partial charge in [-0.1, -0.05) is 62.7 Å². The number of benzene rings is 2. The highest BCUT2D eigenvalue weighted by atomic mass is 16.4. The molecule has 4 amide bonds. The van der Waals surface area contributed by atoms with Crippen molar-refractivity contribution in [2.75, 3.05) is 0 Å². The predicted molar refractivity (Wildman–Crippen MR) is 147 cm³/mol. The summed E-state index contributed by atoms with van der Waals surface area (Å²) in [7, 11) is 0. The SMILES string of the molecule is CCC(C)C(NC(=O)C(Cc1ccccc1)NC(=O)C(Cc1ccc(O)cc1)NC(=O)C(N)CC(N)=O)C(=O)O. The summed E-state index contributed by atoms with van der Waals surface area (Å²) in [5.74, 6) is -4.60. The third-order valence-corrected chi connectivity index (χ3v) is 6.46. The van der Waals surface area contributed by atoms with E-state index in [4.69, 9.17) is 11.5 Å². The number of primary amides is 1. The van der Waals surface area contributed by atoms with Crippen LogP contribution in [0.4, 0.5) is 0 Å². The molecule has 0 saturated heterocycles. The van der Waals surface area contributed by atoms with Crippen molar-refractivity contribution in [2.24, 2.45) is 17.4 Å². The Bertz CT molecular complexity index is 1170. The van der Waals surface area contributed by atoms with Gasteiger partial charge in [-0.15, -0.1) is 0 Å². The number of aromatic hydroxyl groups is 1. The van der Waals surface area contributed by atoms with E-state index in [0.29, 0.717) is 17.5 Å². The van der Waals surface area contributed by atoms with Crippen LogP contribution in [-0.4, -0.2) is 64.0 Å². The van der Waals surface area contributed by atoms with Gasteiger partial charge in [0.1, 0.15) is 23.9 Å². The summed E-state index contributed by atoms with van der Waals surface area (Å²) in [6.45, 7) is 3.50. The fraction of sp³-hybridized carbons (Fsp3) is 0.393. The molecule has 2 aromatic rings. The minimum absolute atomic E-state index is 0.00570. The number of nitrogens with one attached hydrogen (secondary N) is 3. The maximum Gasteiger partial charge on any atom is 0.326 e. The average molecular weight is 556 g/mol. The topological polar surface area (TPSA) is 214 Å². The monoisotopic (exact) mass is 555 g/mol. The van der Waals surface area contributed by atoms with E-state index >= 15 is 0 Å². The number of carboxylic acids is 1. The van der Waals surface area contributed by atoms with Crippen LogP contribution in [0.15, 0.2) is 54.6 Å². The smallest absolute Gasteiger partial charge is 0.326 e. The van der Waals surface area contributed by atoms with Crippen LogP contribution >= 0.6 is 0 Å². The van der Waals surface area contributed by atoms with E-state index in [-0.39, 0.29) is 24.5 Å². The lowest BCUT2D eigenvalue weighted by Gasteiger charge is -2.26. The summed E-state index contributed by atoms with van der Waals surface area (Å²) in [5, 5.41) is 26.9. The van der Waals surface area contributed by atoms with Gasteiger partial charge in [-0.05, 0) is 29.2 Å². The minimum Gasteiger partial charge on any atom is -0.508 e. The van der Waals surface area contributed by atoms with Gasteiger partial charge in [-0.3, -0.25) is 19.2 Å². The van der Waals surface area contributed by atoms with E-state index < -0.39 is 60.2 Å². The van der Waals surface area contributed by atoms with Gasteiger partial charge >= 0.3 is 5.97 Å². The largest absolute Gasteiger partial charge is 0.508 e. The van der Waals surface area contributed by atoms with Crippen LogP contribution in [0, 0.1) is 5.92 Å². The van der Waals surface area contributed by atoms with Crippen LogP contribution in [-0.2, 0) is 36.8 Å². The molecule has 0 aliphatic heterocycles. The zero-order valence-corrected chi connectivity index (χ0v) is 22.5. The molecule has 2 aromatic carbocycles. The molecule has 2 rings (SSSR count). The highest BCUT2D eigenvalue weighted by molar-refractivity contribution is 5.95. The Kier molecular flexibility index (Phi) is 12.1.